The van der Waals surface area contributed by atoms with E-state index in [4.69, 9.17) is 0 Å². The minimum absolute atomic E-state index is 0.0648. The molecule has 1 saturated carbocycles. The molecule has 0 spiro atoms. The van der Waals surface area contributed by atoms with Crippen LogP contribution in [0, 0.1) is 5.92 Å². The highest BCUT2D eigenvalue weighted by atomic mass is 32.1. The Bertz CT molecular complexity index is 337. The fraction of sp³-hybridized carbons (Fsp3) is 0.692. The van der Waals surface area contributed by atoms with Crippen molar-refractivity contribution in [2.45, 2.75) is 44.1 Å². The van der Waals surface area contributed by atoms with Gasteiger partial charge in [-0.15, -0.1) is 0 Å². The van der Waals surface area contributed by atoms with Gasteiger partial charge in [0.25, 0.3) is 0 Å². The van der Waals surface area contributed by atoms with Crippen molar-refractivity contribution in [1.82, 2.24) is 5.32 Å². The van der Waals surface area contributed by atoms with Gasteiger partial charge in [0.1, 0.15) is 0 Å². The highest BCUT2D eigenvalue weighted by Crippen LogP contribution is 2.40. The molecule has 1 aliphatic rings. The van der Waals surface area contributed by atoms with Crippen molar-refractivity contribution in [3.05, 3.63) is 22.4 Å². The van der Waals surface area contributed by atoms with Gasteiger partial charge in [-0.1, -0.05) is 0 Å². The number of halogens is 2. The second-order valence-electron chi connectivity index (χ2n) is 4.95. The van der Waals surface area contributed by atoms with Crippen LogP contribution >= 0.6 is 11.3 Å². The molecular weight excluding hydrogens is 240 g/mol. The molecule has 2 rings (SSSR count). The predicted molar refractivity (Wildman–Crippen MR) is 67.6 cm³/mol. The van der Waals surface area contributed by atoms with E-state index in [-0.39, 0.29) is 24.8 Å². The maximum Gasteiger partial charge on any atom is 0.248 e. The van der Waals surface area contributed by atoms with Crippen LogP contribution < -0.4 is 5.32 Å². The summed E-state index contributed by atoms with van der Waals surface area (Å²) in [6.07, 6.45) is 2.57. The predicted octanol–water partition coefficient (Wildman–Crippen LogP) is 4.22. The molecule has 1 aromatic heterocycles. The molecule has 1 nitrogen and oxygen atoms in total. The van der Waals surface area contributed by atoms with Crippen LogP contribution in [0.3, 0.4) is 0 Å². The van der Waals surface area contributed by atoms with E-state index in [0.29, 0.717) is 6.42 Å². The van der Waals surface area contributed by atoms with E-state index in [9.17, 15) is 8.78 Å². The quantitative estimate of drug-likeness (QED) is 0.853. The summed E-state index contributed by atoms with van der Waals surface area (Å²) in [5.74, 6) is -2.29. The molecule has 0 aromatic carbocycles. The minimum Gasteiger partial charge on any atom is -0.313 e. The molecule has 0 aliphatic heterocycles. The average Bonchev–Trinajstić information content (AvgIpc) is 2.78. The Balaban J connectivity index is 1.95. The lowest BCUT2D eigenvalue weighted by Gasteiger charge is -2.31. The monoisotopic (exact) mass is 259 g/mol. The summed E-state index contributed by atoms with van der Waals surface area (Å²) in [6, 6.07) is 2.30. The fourth-order valence-corrected chi connectivity index (χ4v) is 3.42. The van der Waals surface area contributed by atoms with Crippen molar-refractivity contribution in [2.24, 2.45) is 5.92 Å². The van der Waals surface area contributed by atoms with Crippen LogP contribution in [0.5, 0.6) is 0 Å². The summed E-state index contributed by atoms with van der Waals surface area (Å²) < 4.78 is 26.7. The Morgan fingerprint density at radius 1 is 1.59 bits per heavy atom. The Kier molecular flexibility index (Phi) is 4.15. The van der Waals surface area contributed by atoms with Crippen LogP contribution in [0.1, 0.15) is 43.7 Å². The number of nitrogens with one attached hydrogen (secondary N) is 1. The molecule has 2 atom stereocenters. The molecule has 0 bridgehead atoms. The summed E-state index contributed by atoms with van der Waals surface area (Å²) in [4.78, 5) is 0. The summed E-state index contributed by atoms with van der Waals surface area (Å²) in [5, 5.41) is 7.38. The molecular formula is C13H19F2NS. The van der Waals surface area contributed by atoms with E-state index in [1.54, 1.807) is 11.3 Å². The molecule has 1 heterocycles. The van der Waals surface area contributed by atoms with Crippen LogP contribution in [0.25, 0.3) is 0 Å². The van der Waals surface area contributed by atoms with Gasteiger partial charge in [0.05, 0.1) is 0 Å². The lowest BCUT2D eigenvalue weighted by Crippen LogP contribution is -2.29. The van der Waals surface area contributed by atoms with Gasteiger partial charge in [-0.25, -0.2) is 8.78 Å². The number of alkyl halides is 2. The van der Waals surface area contributed by atoms with Crippen LogP contribution in [-0.4, -0.2) is 13.0 Å². The molecule has 2 unspecified atom stereocenters. The fourth-order valence-electron chi connectivity index (χ4n) is 2.70. The maximum absolute atomic E-state index is 13.3. The van der Waals surface area contributed by atoms with Crippen molar-refractivity contribution in [3.8, 4) is 0 Å². The van der Waals surface area contributed by atoms with Gasteiger partial charge in [0.15, 0.2) is 0 Å². The minimum atomic E-state index is -2.43. The van der Waals surface area contributed by atoms with E-state index in [1.165, 1.54) is 5.56 Å². The van der Waals surface area contributed by atoms with Gasteiger partial charge in [0, 0.05) is 18.9 Å². The molecule has 17 heavy (non-hydrogen) atoms. The summed E-state index contributed by atoms with van der Waals surface area (Å²) >= 11 is 1.66. The molecule has 0 radical (unpaired) electrons. The first-order chi connectivity index (χ1) is 8.11. The normalized spacial score (nSPS) is 25.7. The van der Waals surface area contributed by atoms with Gasteiger partial charge >= 0.3 is 0 Å². The van der Waals surface area contributed by atoms with E-state index >= 15 is 0 Å². The highest BCUT2D eigenvalue weighted by molar-refractivity contribution is 7.07. The first-order valence-electron chi connectivity index (χ1n) is 6.18. The third kappa shape index (κ3) is 3.49. The summed E-state index contributed by atoms with van der Waals surface area (Å²) in [5.41, 5.74) is 1.23. The van der Waals surface area contributed by atoms with E-state index in [1.807, 2.05) is 12.4 Å². The van der Waals surface area contributed by atoms with Crippen molar-refractivity contribution in [1.29, 1.82) is 0 Å². The van der Waals surface area contributed by atoms with Gasteiger partial charge < -0.3 is 5.32 Å². The average molecular weight is 259 g/mol. The van der Waals surface area contributed by atoms with Crippen LogP contribution in [0.4, 0.5) is 8.78 Å². The van der Waals surface area contributed by atoms with Gasteiger partial charge in [-0.2, -0.15) is 11.3 Å². The first kappa shape index (κ1) is 13.0. The third-order valence-electron chi connectivity index (χ3n) is 3.61. The molecule has 1 aromatic rings. The molecule has 0 saturated heterocycles. The zero-order valence-electron chi connectivity index (χ0n) is 10.1. The number of thiophene rings is 1. The molecule has 4 heteroatoms. The smallest absolute Gasteiger partial charge is 0.248 e. The van der Waals surface area contributed by atoms with E-state index in [0.717, 1.165) is 12.8 Å². The number of hydrogen-bond donors (Lipinski definition) is 1. The number of rotatable bonds is 4. The molecule has 0 amide bonds. The van der Waals surface area contributed by atoms with Crippen molar-refractivity contribution in [3.63, 3.8) is 0 Å². The van der Waals surface area contributed by atoms with Gasteiger partial charge in [-0.3, -0.25) is 0 Å². The molecule has 1 fully saturated rings. The zero-order chi connectivity index (χ0) is 12.3. The summed E-state index contributed by atoms with van der Waals surface area (Å²) in [6.45, 7) is 0. The first-order valence-corrected chi connectivity index (χ1v) is 7.12. The third-order valence-corrected chi connectivity index (χ3v) is 4.31. The number of hydrogen-bond acceptors (Lipinski definition) is 2. The topological polar surface area (TPSA) is 12.0 Å². The van der Waals surface area contributed by atoms with Crippen molar-refractivity contribution >= 4 is 11.3 Å². The largest absolute Gasteiger partial charge is 0.313 e. The Morgan fingerprint density at radius 3 is 3.00 bits per heavy atom. The molecule has 1 N–H and O–H groups in total. The van der Waals surface area contributed by atoms with Crippen molar-refractivity contribution < 1.29 is 8.78 Å². The zero-order valence-corrected chi connectivity index (χ0v) is 10.9. The second kappa shape index (κ2) is 5.44. The van der Waals surface area contributed by atoms with Crippen LogP contribution in [0.2, 0.25) is 0 Å². The van der Waals surface area contributed by atoms with Crippen LogP contribution in [0.15, 0.2) is 16.8 Å². The Labute approximate surface area is 105 Å². The highest BCUT2D eigenvalue weighted by Gasteiger charge is 2.36. The second-order valence-corrected chi connectivity index (χ2v) is 5.73. The molecule has 96 valence electrons. The van der Waals surface area contributed by atoms with Gasteiger partial charge in [0.2, 0.25) is 5.92 Å². The maximum atomic E-state index is 13.3. The summed E-state index contributed by atoms with van der Waals surface area (Å²) in [7, 11) is 1.91. The van der Waals surface area contributed by atoms with E-state index < -0.39 is 5.92 Å². The SMILES string of the molecule is CNC(CC1CCCC(F)(F)C1)c1ccsc1. The lowest BCUT2D eigenvalue weighted by molar-refractivity contribution is -0.0547. The van der Waals surface area contributed by atoms with Crippen LogP contribution in [-0.2, 0) is 0 Å². The molecule has 1 aliphatic carbocycles. The lowest BCUT2D eigenvalue weighted by atomic mass is 9.82. The standard InChI is InChI=1S/C13H19F2NS/c1-16-12(11-4-6-17-9-11)7-10-3-2-5-13(14,15)8-10/h4,6,9-10,12,16H,2-3,5,7-8H2,1H3. The Hall–Kier alpha value is -0.480. The van der Waals surface area contributed by atoms with Gasteiger partial charge in [-0.05, 0) is 54.6 Å². The van der Waals surface area contributed by atoms with E-state index in [2.05, 4.69) is 16.8 Å². The van der Waals surface area contributed by atoms with Crippen molar-refractivity contribution in [2.75, 3.05) is 7.05 Å². The Morgan fingerprint density at radius 2 is 2.41 bits per heavy atom.